The lowest BCUT2D eigenvalue weighted by molar-refractivity contribution is -0.141. The van der Waals surface area contributed by atoms with Gasteiger partial charge in [0, 0.05) is 5.92 Å². The summed E-state index contributed by atoms with van der Waals surface area (Å²) in [6.07, 6.45) is 13.5. The molecule has 2 aromatic carbocycles. The second kappa shape index (κ2) is 17.9. The number of allylic oxidation sites excluding steroid dienone is 1. The maximum atomic E-state index is 12.1. The van der Waals surface area contributed by atoms with Gasteiger partial charge in [-0.2, -0.15) is 0 Å². The number of carbonyl (C=O) groups is 1. The lowest BCUT2D eigenvalue weighted by Crippen LogP contribution is -2.21. The molecule has 2 aromatic rings. The van der Waals surface area contributed by atoms with E-state index >= 15 is 0 Å². The van der Waals surface area contributed by atoms with Crippen LogP contribution in [0.4, 0.5) is 0 Å². The van der Waals surface area contributed by atoms with Crippen molar-refractivity contribution in [1.29, 1.82) is 0 Å². The van der Waals surface area contributed by atoms with Crippen LogP contribution in [0.5, 0.6) is 0 Å². The molecular formula is C39H54O4. The highest BCUT2D eigenvalue weighted by molar-refractivity contribution is 5.87. The first kappa shape index (κ1) is 34.4. The molecule has 1 atom stereocenters. The molecule has 0 bridgehead atoms. The largest absolute Gasteiger partial charge is 0.494 e. The van der Waals surface area contributed by atoms with Crippen LogP contribution < -0.4 is 0 Å². The second-order valence-corrected chi connectivity index (χ2v) is 12.5. The summed E-state index contributed by atoms with van der Waals surface area (Å²) in [6.45, 7) is 17.8. The van der Waals surface area contributed by atoms with Gasteiger partial charge in [-0.05, 0) is 97.1 Å². The van der Waals surface area contributed by atoms with Crippen LogP contribution in [0, 0.1) is 11.8 Å². The number of hydrogen-bond acceptors (Lipinski definition) is 4. The average Bonchev–Trinajstić information content (AvgIpc) is 3.04. The number of aryl methyl sites for hydroxylation is 2. The van der Waals surface area contributed by atoms with Gasteiger partial charge in [-0.25, -0.2) is 4.79 Å². The van der Waals surface area contributed by atoms with E-state index in [2.05, 4.69) is 76.0 Å². The van der Waals surface area contributed by atoms with E-state index in [1.54, 1.807) is 0 Å². The van der Waals surface area contributed by atoms with E-state index in [1.807, 2.05) is 6.92 Å². The summed E-state index contributed by atoms with van der Waals surface area (Å²) in [4.78, 5) is 12.1. The lowest BCUT2D eigenvalue weighted by Gasteiger charge is -2.29. The maximum absolute atomic E-state index is 12.1. The molecule has 234 valence electrons. The van der Waals surface area contributed by atoms with E-state index in [4.69, 9.17) is 9.47 Å². The summed E-state index contributed by atoms with van der Waals surface area (Å²) in [5, 5.41) is 9.19. The van der Waals surface area contributed by atoms with Gasteiger partial charge < -0.3 is 14.6 Å². The fraction of sp³-hybridized carbons (Fsp3) is 0.513. The molecule has 0 radical (unpaired) electrons. The summed E-state index contributed by atoms with van der Waals surface area (Å²) >= 11 is 0. The summed E-state index contributed by atoms with van der Waals surface area (Å²) in [5.41, 5.74) is 7.46. The molecule has 0 heterocycles. The SMILES string of the molecule is C=C(C)C(=C)OCC(CCc1ccc(-c2ccc(C3CCC(CCCCC)CC3)cc2)cc1CC)COC(=O)C(=C)CO. The Morgan fingerprint density at radius 1 is 0.907 bits per heavy atom. The molecule has 1 fully saturated rings. The molecule has 1 saturated carbocycles. The van der Waals surface area contributed by atoms with Crippen molar-refractivity contribution in [3.8, 4) is 11.1 Å². The second-order valence-electron chi connectivity index (χ2n) is 12.5. The summed E-state index contributed by atoms with van der Waals surface area (Å²) in [7, 11) is 0. The van der Waals surface area contributed by atoms with Crippen LogP contribution in [0.25, 0.3) is 11.1 Å². The van der Waals surface area contributed by atoms with Gasteiger partial charge in [-0.3, -0.25) is 0 Å². The molecule has 0 aromatic heterocycles. The van der Waals surface area contributed by atoms with E-state index in [9.17, 15) is 9.90 Å². The zero-order valence-corrected chi connectivity index (χ0v) is 27.0. The molecule has 1 N–H and O–H groups in total. The van der Waals surface area contributed by atoms with Crippen molar-refractivity contribution >= 4 is 5.97 Å². The standard InChI is InChI=1S/C39H54O4/c1-7-9-10-11-31-12-15-35(16-13-31)36-18-20-37(21-19-36)38-23-22-34(33(8-2)24-38)17-14-32(26-42-30(6)28(3)4)27-43-39(41)29(5)25-40/h18-24,31-32,35,40H,3,5-17,25-27H2,1-2,4H3. The third kappa shape index (κ3) is 10.8. The molecule has 1 aliphatic rings. The molecule has 43 heavy (non-hydrogen) atoms. The fourth-order valence-corrected chi connectivity index (χ4v) is 6.07. The van der Waals surface area contributed by atoms with Gasteiger partial charge in [0.15, 0.2) is 0 Å². The number of rotatable bonds is 18. The van der Waals surface area contributed by atoms with E-state index in [0.29, 0.717) is 18.3 Å². The van der Waals surface area contributed by atoms with Crippen LogP contribution >= 0.6 is 0 Å². The Balaban J connectivity index is 1.61. The number of unbranched alkanes of at least 4 members (excludes halogenated alkanes) is 2. The molecule has 1 unspecified atom stereocenters. The molecule has 0 aliphatic heterocycles. The number of benzene rings is 2. The molecule has 0 saturated heterocycles. The molecule has 1 aliphatic carbocycles. The third-order valence-electron chi connectivity index (χ3n) is 9.09. The summed E-state index contributed by atoms with van der Waals surface area (Å²) < 4.78 is 11.2. The van der Waals surface area contributed by atoms with Gasteiger partial charge in [-0.1, -0.05) is 102 Å². The Hall–Kier alpha value is -3.11. The maximum Gasteiger partial charge on any atom is 0.335 e. The van der Waals surface area contributed by atoms with E-state index in [1.165, 1.54) is 79.2 Å². The Morgan fingerprint density at radius 2 is 1.58 bits per heavy atom. The molecule has 0 spiro atoms. The van der Waals surface area contributed by atoms with Crippen molar-refractivity contribution < 1.29 is 19.4 Å². The van der Waals surface area contributed by atoms with Crippen LogP contribution in [0.3, 0.4) is 0 Å². The van der Waals surface area contributed by atoms with Crippen molar-refractivity contribution in [3.05, 3.63) is 95.8 Å². The molecule has 4 nitrogen and oxygen atoms in total. The van der Waals surface area contributed by atoms with Crippen molar-refractivity contribution in [1.82, 2.24) is 0 Å². The topological polar surface area (TPSA) is 55.8 Å². The first-order valence-corrected chi connectivity index (χ1v) is 16.4. The van der Waals surface area contributed by atoms with Crippen molar-refractivity contribution in [2.75, 3.05) is 19.8 Å². The van der Waals surface area contributed by atoms with Gasteiger partial charge in [0.25, 0.3) is 0 Å². The Kier molecular flexibility index (Phi) is 14.3. The third-order valence-corrected chi connectivity index (χ3v) is 9.09. The van der Waals surface area contributed by atoms with Crippen LogP contribution in [-0.4, -0.2) is 30.9 Å². The van der Waals surface area contributed by atoms with Gasteiger partial charge in [0.2, 0.25) is 0 Å². The number of esters is 1. The number of aliphatic hydroxyl groups excluding tert-OH is 1. The zero-order valence-electron chi connectivity index (χ0n) is 27.0. The van der Waals surface area contributed by atoms with E-state index in [-0.39, 0.29) is 18.1 Å². The monoisotopic (exact) mass is 586 g/mol. The predicted octanol–water partition coefficient (Wildman–Crippen LogP) is 9.52. The van der Waals surface area contributed by atoms with Crippen LogP contribution in [-0.2, 0) is 27.1 Å². The van der Waals surface area contributed by atoms with E-state index in [0.717, 1.165) is 30.8 Å². The highest BCUT2D eigenvalue weighted by Gasteiger charge is 2.22. The Bertz CT molecular complexity index is 1200. The Morgan fingerprint density at radius 3 is 2.21 bits per heavy atom. The summed E-state index contributed by atoms with van der Waals surface area (Å²) in [6, 6.07) is 16.1. The average molecular weight is 587 g/mol. The number of carbonyl (C=O) groups excluding carboxylic acids is 1. The predicted molar refractivity (Wildman–Crippen MR) is 179 cm³/mol. The van der Waals surface area contributed by atoms with Crippen LogP contribution in [0.1, 0.15) is 101 Å². The van der Waals surface area contributed by atoms with E-state index < -0.39 is 12.6 Å². The number of ether oxygens (including phenoxy) is 2. The smallest absolute Gasteiger partial charge is 0.335 e. The molecular weight excluding hydrogens is 532 g/mol. The van der Waals surface area contributed by atoms with Crippen molar-refractivity contribution in [2.24, 2.45) is 11.8 Å². The Labute approximate surface area is 260 Å². The van der Waals surface area contributed by atoms with Crippen LogP contribution in [0.15, 0.2) is 79.1 Å². The molecule has 3 rings (SSSR count). The minimum atomic E-state index is -0.578. The minimum absolute atomic E-state index is 0.0325. The summed E-state index contributed by atoms with van der Waals surface area (Å²) in [5.74, 6) is 1.57. The number of hydrogen-bond donors (Lipinski definition) is 1. The van der Waals surface area contributed by atoms with Crippen LogP contribution in [0.2, 0.25) is 0 Å². The zero-order chi connectivity index (χ0) is 31.2. The first-order valence-electron chi connectivity index (χ1n) is 16.4. The first-order chi connectivity index (χ1) is 20.7. The lowest BCUT2D eigenvalue weighted by atomic mass is 9.77. The molecule has 4 heteroatoms. The van der Waals surface area contributed by atoms with Crippen molar-refractivity contribution in [2.45, 2.75) is 97.3 Å². The molecule has 0 amide bonds. The fourth-order valence-electron chi connectivity index (χ4n) is 6.07. The normalized spacial score (nSPS) is 17.2. The quantitative estimate of drug-likeness (QED) is 0.0621. The number of aliphatic hydroxyl groups is 1. The van der Waals surface area contributed by atoms with Crippen molar-refractivity contribution in [3.63, 3.8) is 0 Å². The van der Waals surface area contributed by atoms with Gasteiger partial charge >= 0.3 is 5.97 Å². The van der Waals surface area contributed by atoms with Gasteiger partial charge in [0.1, 0.15) is 5.76 Å². The van der Waals surface area contributed by atoms with Gasteiger partial charge in [-0.15, -0.1) is 0 Å². The highest BCUT2D eigenvalue weighted by atomic mass is 16.5. The van der Waals surface area contributed by atoms with Gasteiger partial charge in [0.05, 0.1) is 25.4 Å². The highest BCUT2D eigenvalue weighted by Crippen LogP contribution is 2.38. The minimum Gasteiger partial charge on any atom is -0.494 e.